The number of hydrogen-bond acceptors (Lipinski definition) is 6. The molecule has 2 atom stereocenters. The molecule has 1 fully saturated rings. The number of carbonyl (C=O) groups is 1. The number of nitrogens with zero attached hydrogens (tertiary/aromatic N) is 2. The number of aromatic nitrogens is 2. The molecule has 1 aromatic carbocycles. The fourth-order valence-corrected chi connectivity index (χ4v) is 2.94. The predicted molar refractivity (Wildman–Crippen MR) is 108 cm³/mol. The number of esters is 1. The standard InChI is InChI=1S/C18H24N4O3.2ClH/c1-2-25-18(24)17-13(10-20-15-8-9-19-11-16(15)23)12-22(21-17)14-6-4-3-5-7-14;;/h3-7,12,15-16,19-20,23H,2,8-11H2,1H3;2*1H/t15-,16-;;/m0../s1. The van der Waals surface area contributed by atoms with Gasteiger partial charge in [0.15, 0.2) is 5.69 Å². The molecule has 1 saturated heterocycles. The van der Waals surface area contributed by atoms with Gasteiger partial charge >= 0.3 is 5.97 Å². The molecule has 3 rings (SSSR count). The van der Waals surface area contributed by atoms with Gasteiger partial charge in [-0.25, -0.2) is 9.48 Å². The number of rotatable bonds is 6. The monoisotopic (exact) mass is 416 g/mol. The third kappa shape index (κ3) is 5.92. The van der Waals surface area contributed by atoms with Gasteiger partial charge in [-0.3, -0.25) is 0 Å². The van der Waals surface area contributed by atoms with Crippen LogP contribution in [-0.4, -0.2) is 52.7 Å². The third-order valence-corrected chi connectivity index (χ3v) is 4.28. The maximum Gasteiger partial charge on any atom is 0.359 e. The van der Waals surface area contributed by atoms with E-state index in [4.69, 9.17) is 4.74 Å². The maximum atomic E-state index is 12.2. The van der Waals surface area contributed by atoms with Crippen LogP contribution in [0, 0.1) is 0 Å². The second-order valence-electron chi connectivity index (χ2n) is 6.05. The summed E-state index contributed by atoms with van der Waals surface area (Å²) in [6, 6.07) is 9.62. The molecule has 2 heterocycles. The Morgan fingerprint density at radius 3 is 2.78 bits per heavy atom. The smallest absolute Gasteiger partial charge is 0.359 e. The molecule has 0 bridgehead atoms. The molecule has 0 unspecified atom stereocenters. The van der Waals surface area contributed by atoms with E-state index in [1.807, 2.05) is 36.5 Å². The molecule has 0 amide bonds. The first-order valence-electron chi connectivity index (χ1n) is 8.62. The molecule has 1 aliphatic rings. The molecule has 9 heteroatoms. The zero-order valence-electron chi connectivity index (χ0n) is 15.1. The number of aliphatic hydroxyl groups excluding tert-OH is 1. The number of piperidine rings is 1. The Bertz CT molecular complexity index is 712. The van der Waals surface area contributed by atoms with Crippen LogP contribution in [-0.2, 0) is 11.3 Å². The zero-order chi connectivity index (χ0) is 17.6. The summed E-state index contributed by atoms with van der Waals surface area (Å²) in [6.45, 7) is 3.96. The zero-order valence-corrected chi connectivity index (χ0v) is 16.8. The summed E-state index contributed by atoms with van der Waals surface area (Å²) in [4.78, 5) is 12.2. The molecule has 7 nitrogen and oxygen atoms in total. The van der Waals surface area contributed by atoms with Crippen molar-refractivity contribution >= 4 is 30.8 Å². The van der Waals surface area contributed by atoms with Gasteiger partial charge in [0, 0.05) is 30.9 Å². The molecular weight excluding hydrogens is 391 g/mol. The average molecular weight is 417 g/mol. The highest BCUT2D eigenvalue weighted by Crippen LogP contribution is 2.15. The number of benzene rings is 1. The summed E-state index contributed by atoms with van der Waals surface area (Å²) in [5.74, 6) is -0.431. The van der Waals surface area contributed by atoms with Crippen molar-refractivity contribution in [3.8, 4) is 5.69 Å². The molecule has 2 aromatic rings. The summed E-state index contributed by atoms with van der Waals surface area (Å²) >= 11 is 0. The van der Waals surface area contributed by atoms with E-state index in [-0.39, 0.29) is 30.9 Å². The van der Waals surface area contributed by atoms with Gasteiger partial charge in [-0.1, -0.05) is 18.2 Å². The molecular formula is C18H26Cl2N4O3. The first-order chi connectivity index (χ1) is 12.2. The van der Waals surface area contributed by atoms with Crippen molar-refractivity contribution in [3.05, 3.63) is 47.8 Å². The van der Waals surface area contributed by atoms with Crippen LogP contribution in [0.5, 0.6) is 0 Å². The summed E-state index contributed by atoms with van der Waals surface area (Å²) in [6.07, 6.45) is 2.23. The Balaban J connectivity index is 0.00000182. The van der Waals surface area contributed by atoms with E-state index in [0.717, 1.165) is 24.2 Å². The minimum absolute atomic E-state index is 0. The fraction of sp³-hybridized carbons (Fsp3) is 0.444. The molecule has 0 radical (unpaired) electrons. The van der Waals surface area contributed by atoms with Crippen molar-refractivity contribution in [2.75, 3.05) is 19.7 Å². The number of para-hydroxylation sites is 1. The van der Waals surface area contributed by atoms with Crippen LogP contribution in [0.4, 0.5) is 0 Å². The van der Waals surface area contributed by atoms with Crippen molar-refractivity contribution in [2.45, 2.75) is 32.0 Å². The topological polar surface area (TPSA) is 88.4 Å². The van der Waals surface area contributed by atoms with Crippen molar-refractivity contribution in [2.24, 2.45) is 0 Å². The van der Waals surface area contributed by atoms with Gasteiger partial charge < -0.3 is 20.5 Å². The Hall–Kier alpha value is -1.64. The van der Waals surface area contributed by atoms with E-state index in [9.17, 15) is 9.90 Å². The van der Waals surface area contributed by atoms with Gasteiger partial charge in [0.25, 0.3) is 0 Å². The summed E-state index contributed by atoms with van der Waals surface area (Å²) < 4.78 is 6.81. The van der Waals surface area contributed by atoms with E-state index in [1.165, 1.54) is 0 Å². The highest BCUT2D eigenvalue weighted by atomic mass is 35.5. The lowest BCUT2D eigenvalue weighted by Gasteiger charge is -2.29. The highest BCUT2D eigenvalue weighted by Gasteiger charge is 2.24. The van der Waals surface area contributed by atoms with Crippen LogP contribution in [0.2, 0.25) is 0 Å². The van der Waals surface area contributed by atoms with Crippen LogP contribution in [0.15, 0.2) is 36.5 Å². The number of nitrogens with one attached hydrogen (secondary N) is 2. The van der Waals surface area contributed by atoms with Gasteiger partial charge in [0.2, 0.25) is 0 Å². The predicted octanol–water partition coefficient (Wildman–Crippen LogP) is 1.71. The number of halogens is 2. The summed E-state index contributed by atoms with van der Waals surface area (Å²) in [7, 11) is 0. The fourth-order valence-electron chi connectivity index (χ4n) is 2.94. The average Bonchev–Trinajstić information content (AvgIpc) is 3.06. The molecule has 0 aliphatic carbocycles. The number of carbonyl (C=O) groups excluding carboxylic acids is 1. The molecule has 1 aromatic heterocycles. The van der Waals surface area contributed by atoms with Crippen LogP contribution in [0.1, 0.15) is 29.4 Å². The normalized spacial score (nSPS) is 18.9. The second-order valence-corrected chi connectivity index (χ2v) is 6.05. The minimum Gasteiger partial charge on any atom is -0.461 e. The third-order valence-electron chi connectivity index (χ3n) is 4.28. The van der Waals surface area contributed by atoms with Crippen molar-refractivity contribution in [1.82, 2.24) is 20.4 Å². The molecule has 3 N–H and O–H groups in total. The van der Waals surface area contributed by atoms with E-state index < -0.39 is 12.1 Å². The Kier molecular flexibility index (Phi) is 9.76. The lowest BCUT2D eigenvalue weighted by atomic mass is 10.0. The molecule has 1 aliphatic heterocycles. The van der Waals surface area contributed by atoms with E-state index in [0.29, 0.717) is 25.4 Å². The lowest BCUT2D eigenvalue weighted by molar-refractivity contribution is 0.0517. The maximum absolute atomic E-state index is 12.2. The van der Waals surface area contributed by atoms with Crippen molar-refractivity contribution in [3.63, 3.8) is 0 Å². The van der Waals surface area contributed by atoms with Gasteiger partial charge in [0.05, 0.1) is 18.4 Å². The Morgan fingerprint density at radius 2 is 2.11 bits per heavy atom. The van der Waals surface area contributed by atoms with Crippen LogP contribution in [0.25, 0.3) is 5.69 Å². The van der Waals surface area contributed by atoms with Crippen molar-refractivity contribution < 1.29 is 14.6 Å². The molecule has 0 spiro atoms. The Morgan fingerprint density at radius 1 is 1.37 bits per heavy atom. The lowest BCUT2D eigenvalue weighted by Crippen LogP contribution is -2.50. The number of ether oxygens (including phenoxy) is 1. The molecule has 0 saturated carbocycles. The highest BCUT2D eigenvalue weighted by molar-refractivity contribution is 5.88. The SMILES string of the molecule is CCOC(=O)c1nn(-c2ccccc2)cc1CN[C@H]1CCNC[C@@H]1O.Cl.Cl. The van der Waals surface area contributed by atoms with E-state index >= 15 is 0 Å². The summed E-state index contributed by atoms with van der Waals surface area (Å²) in [5.41, 5.74) is 1.94. The largest absolute Gasteiger partial charge is 0.461 e. The van der Waals surface area contributed by atoms with Gasteiger partial charge in [-0.05, 0) is 32.0 Å². The number of aliphatic hydroxyl groups is 1. The first kappa shape index (κ1) is 23.4. The number of hydrogen-bond donors (Lipinski definition) is 3. The minimum atomic E-state index is -0.441. The van der Waals surface area contributed by atoms with Crippen LogP contribution < -0.4 is 10.6 Å². The van der Waals surface area contributed by atoms with E-state index in [2.05, 4.69) is 15.7 Å². The number of β-amino-alcohol motifs (C(OH)–C–C–N with tert-alkyl or cyclic N) is 1. The molecule has 27 heavy (non-hydrogen) atoms. The van der Waals surface area contributed by atoms with Gasteiger partial charge in [0.1, 0.15) is 0 Å². The van der Waals surface area contributed by atoms with Crippen LogP contribution >= 0.6 is 24.8 Å². The van der Waals surface area contributed by atoms with Gasteiger partial charge in [-0.2, -0.15) is 5.10 Å². The quantitative estimate of drug-likeness (QED) is 0.621. The summed E-state index contributed by atoms with van der Waals surface area (Å²) in [5, 5.41) is 21.0. The Labute approximate surface area is 171 Å². The van der Waals surface area contributed by atoms with Gasteiger partial charge in [-0.15, -0.1) is 24.8 Å². The van der Waals surface area contributed by atoms with E-state index in [1.54, 1.807) is 11.6 Å². The van der Waals surface area contributed by atoms with Crippen molar-refractivity contribution in [1.29, 1.82) is 0 Å². The van der Waals surface area contributed by atoms with Crippen LogP contribution in [0.3, 0.4) is 0 Å². The molecule has 150 valence electrons. The first-order valence-corrected chi connectivity index (χ1v) is 8.62. The second kappa shape index (κ2) is 11.3.